The number of fused-ring (bicyclic) bond motifs is 1. The van der Waals surface area contributed by atoms with Crippen molar-refractivity contribution in [3.8, 4) is 11.5 Å². The molecule has 0 aliphatic carbocycles. The summed E-state index contributed by atoms with van der Waals surface area (Å²) in [5.74, 6) is 1.92. The summed E-state index contributed by atoms with van der Waals surface area (Å²) in [4.78, 5) is 23.2. The molecule has 4 rings (SSSR count). The number of carbonyl (C=O) groups is 2. The summed E-state index contributed by atoms with van der Waals surface area (Å²) in [7, 11) is 0. The first-order valence-corrected chi connectivity index (χ1v) is 10.9. The lowest BCUT2D eigenvalue weighted by molar-refractivity contribution is -0.120. The minimum Gasteiger partial charge on any atom is -0.490 e. The number of amides is 3. The number of benzene rings is 2. The molecule has 0 aromatic heterocycles. The molecule has 1 fully saturated rings. The fraction of sp³-hybridized carbons (Fsp3) is 0.440. The molecule has 6 heteroatoms. The number of hydrogen-bond donors (Lipinski definition) is 2. The number of urea groups is 1. The van der Waals surface area contributed by atoms with Crippen molar-refractivity contribution < 1.29 is 19.1 Å². The Bertz CT molecular complexity index is 1000. The number of imide groups is 1. The van der Waals surface area contributed by atoms with Crippen molar-refractivity contribution in [2.45, 2.75) is 65.7 Å². The molecule has 2 aliphatic heterocycles. The quantitative estimate of drug-likeness (QED) is 0.687. The van der Waals surface area contributed by atoms with Gasteiger partial charge in [0.1, 0.15) is 24.1 Å². The third-order valence-corrected chi connectivity index (χ3v) is 6.66. The summed E-state index contributed by atoms with van der Waals surface area (Å²) in [6, 6.07) is 9.31. The summed E-state index contributed by atoms with van der Waals surface area (Å²) < 4.78 is 12.6. The van der Waals surface area contributed by atoms with Gasteiger partial charge in [-0.2, -0.15) is 0 Å². The highest BCUT2D eigenvalue weighted by atomic mass is 16.5. The molecule has 2 aliphatic rings. The van der Waals surface area contributed by atoms with Crippen molar-refractivity contribution in [1.82, 2.24) is 10.6 Å². The first-order chi connectivity index (χ1) is 14.8. The van der Waals surface area contributed by atoms with Crippen LogP contribution in [0.1, 0.15) is 47.6 Å². The summed E-state index contributed by atoms with van der Waals surface area (Å²) in [6.45, 7) is 8.90. The Morgan fingerprint density at radius 2 is 1.77 bits per heavy atom. The van der Waals surface area contributed by atoms with Crippen LogP contribution < -0.4 is 20.1 Å². The fourth-order valence-electron chi connectivity index (χ4n) is 4.60. The predicted molar refractivity (Wildman–Crippen MR) is 118 cm³/mol. The Labute approximate surface area is 183 Å². The molecule has 2 aromatic rings. The Morgan fingerprint density at radius 3 is 2.45 bits per heavy atom. The van der Waals surface area contributed by atoms with Crippen LogP contribution in [0, 0.1) is 26.7 Å². The van der Waals surface area contributed by atoms with Crippen LogP contribution >= 0.6 is 0 Å². The Hall–Kier alpha value is -3.02. The second-order valence-electron chi connectivity index (χ2n) is 8.67. The molecule has 0 radical (unpaired) electrons. The second kappa shape index (κ2) is 8.61. The monoisotopic (exact) mass is 422 g/mol. The van der Waals surface area contributed by atoms with Crippen molar-refractivity contribution in [2.75, 3.05) is 0 Å². The predicted octanol–water partition coefficient (Wildman–Crippen LogP) is 4.12. The van der Waals surface area contributed by atoms with Crippen LogP contribution in [0.25, 0.3) is 0 Å². The highest BCUT2D eigenvalue weighted by Gasteiger charge is 2.34. The van der Waals surface area contributed by atoms with Crippen LogP contribution in [0.15, 0.2) is 30.3 Å². The van der Waals surface area contributed by atoms with E-state index in [0.29, 0.717) is 13.0 Å². The molecule has 2 N–H and O–H groups in total. The van der Waals surface area contributed by atoms with Crippen LogP contribution in [0.3, 0.4) is 0 Å². The molecule has 164 valence electrons. The fourth-order valence-corrected chi connectivity index (χ4v) is 4.60. The van der Waals surface area contributed by atoms with E-state index in [1.54, 1.807) is 0 Å². The van der Waals surface area contributed by atoms with Crippen molar-refractivity contribution in [1.29, 1.82) is 0 Å². The minimum absolute atomic E-state index is 0.0428. The van der Waals surface area contributed by atoms with E-state index in [9.17, 15) is 9.59 Å². The maximum absolute atomic E-state index is 11.9. The molecule has 6 nitrogen and oxygen atoms in total. The van der Waals surface area contributed by atoms with E-state index >= 15 is 0 Å². The third-order valence-electron chi connectivity index (χ3n) is 6.66. The Balaban J connectivity index is 1.53. The van der Waals surface area contributed by atoms with Gasteiger partial charge in [-0.05, 0) is 75.1 Å². The van der Waals surface area contributed by atoms with E-state index in [-0.39, 0.29) is 17.9 Å². The Kier molecular flexibility index (Phi) is 5.90. The van der Waals surface area contributed by atoms with Gasteiger partial charge in [0.25, 0.3) is 5.91 Å². The molecule has 3 atom stereocenters. The average molecular weight is 423 g/mol. The van der Waals surface area contributed by atoms with Crippen LogP contribution in [0.4, 0.5) is 4.79 Å². The summed E-state index contributed by atoms with van der Waals surface area (Å²) in [5, 5.41) is 4.99. The van der Waals surface area contributed by atoms with Crippen molar-refractivity contribution in [3.05, 3.63) is 58.1 Å². The van der Waals surface area contributed by atoms with Gasteiger partial charge >= 0.3 is 6.03 Å². The lowest BCUT2D eigenvalue weighted by atomic mass is 9.83. The molecule has 0 spiro atoms. The zero-order valence-electron chi connectivity index (χ0n) is 18.6. The van der Waals surface area contributed by atoms with Crippen LogP contribution in [-0.4, -0.2) is 24.1 Å². The zero-order valence-corrected chi connectivity index (χ0v) is 18.6. The highest BCUT2D eigenvalue weighted by molar-refractivity contribution is 6.04. The molecule has 0 bridgehead atoms. The van der Waals surface area contributed by atoms with E-state index in [1.807, 2.05) is 18.2 Å². The maximum Gasteiger partial charge on any atom is 0.322 e. The average Bonchev–Trinajstić information content (AvgIpc) is 3.08. The van der Waals surface area contributed by atoms with E-state index in [2.05, 4.69) is 50.5 Å². The lowest BCUT2D eigenvalue weighted by Crippen LogP contribution is -2.35. The zero-order chi connectivity index (χ0) is 22.1. The molecule has 2 aromatic carbocycles. The highest BCUT2D eigenvalue weighted by Crippen LogP contribution is 2.43. The number of rotatable bonds is 6. The van der Waals surface area contributed by atoms with Gasteiger partial charge in [-0.25, -0.2) is 4.79 Å². The van der Waals surface area contributed by atoms with Gasteiger partial charge in [0, 0.05) is 5.56 Å². The van der Waals surface area contributed by atoms with E-state index < -0.39 is 12.1 Å². The van der Waals surface area contributed by atoms with Gasteiger partial charge in [-0.3, -0.25) is 10.1 Å². The van der Waals surface area contributed by atoms with Crippen molar-refractivity contribution >= 4 is 11.9 Å². The third kappa shape index (κ3) is 4.24. The van der Waals surface area contributed by atoms with Crippen LogP contribution in [0.2, 0.25) is 0 Å². The molecule has 3 amide bonds. The normalized spacial score (nSPS) is 22.4. The van der Waals surface area contributed by atoms with Gasteiger partial charge in [0.05, 0.1) is 6.10 Å². The summed E-state index contributed by atoms with van der Waals surface area (Å²) in [5.41, 5.74) is 5.68. The van der Waals surface area contributed by atoms with Gasteiger partial charge in [0.15, 0.2) is 0 Å². The molecular weight excluding hydrogens is 392 g/mol. The van der Waals surface area contributed by atoms with Gasteiger partial charge in [-0.1, -0.05) is 30.3 Å². The smallest absolute Gasteiger partial charge is 0.322 e. The lowest BCUT2D eigenvalue weighted by Gasteiger charge is -2.35. The van der Waals surface area contributed by atoms with Gasteiger partial charge < -0.3 is 14.8 Å². The van der Waals surface area contributed by atoms with Gasteiger partial charge in [0.2, 0.25) is 0 Å². The van der Waals surface area contributed by atoms with Crippen LogP contribution in [0.5, 0.6) is 11.5 Å². The maximum atomic E-state index is 11.9. The standard InChI is InChI=1S/C25H30N2O4/c1-14-15(2)23-20(16(3)22(14)30-13-18-8-6-5-7-9-18)12-19(17(4)31-23)10-11-21-24(28)27-25(29)26-21/h5-9,17,19,21H,10-13H2,1-4H3,(H2,26,27,28,29). The van der Waals surface area contributed by atoms with Crippen molar-refractivity contribution in [2.24, 2.45) is 5.92 Å². The number of hydrogen-bond acceptors (Lipinski definition) is 4. The van der Waals surface area contributed by atoms with E-state index in [1.165, 1.54) is 5.56 Å². The minimum atomic E-state index is -0.452. The summed E-state index contributed by atoms with van der Waals surface area (Å²) in [6.07, 6.45) is 2.31. The SMILES string of the molecule is Cc1c(C)c2c(c(C)c1OCc1ccccc1)CC(CCC1NC(=O)NC1=O)C(C)O2. The largest absolute Gasteiger partial charge is 0.490 e. The molecule has 1 saturated heterocycles. The van der Waals surface area contributed by atoms with E-state index in [0.717, 1.165) is 46.6 Å². The molecule has 0 saturated carbocycles. The van der Waals surface area contributed by atoms with E-state index in [4.69, 9.17) is 9.47 Å². The molecule has 2 heterocycles. The molecular formula is C25H30N2O4. The van der Waals surface area contributed by atoms with Crippen molar-refractivity contribution in [3.63, 3.8) is 0 Å². The number of nitrogens with one attached hydrogen (secondary N) is 2. The topological polar surface area (TPSA) is 76.7 Å². The number of ether oxygens (including phenoxy) is 2. The number of carbonyl (C=O) groups excluding carboxylic acids is 2. The van der Waals surface area contributed by atoms with Crippen LogP contribution in [-0.2, 0) is 17.8 Å². The first kappa shape index (κ1) is 21.2. The second-order valence-corrected chi connectivity index (χ2v) is 8.67. The summed E-state index contributed by atoms with van der Waals surface area (Å²) >= 11 is 0. The Morgan fingerprint density at radius 1 is 1.03 bits per heavy atom. The molecule has 3 unspecified atom stereocenters. The first-order valence-electron chi connectivity index (χ1n) is 10.9. The van der Waals surface area contributed by atoms with Gasteiger partial charge in [-0.15, -0.1) is 0 Å². The molecule has 31 heavy (non-hydrogen) atoms.